The molecule has 0 aromatic heterocycles. The first-order chi connectivity index (χ1) is 11.9. The lowest BCUT2D eigenvalue weighted by atomic mass is 10.1. The highest BCUT2D eigenvalue weighted by Gasteiger charge is 2.39. The molecule has 2 aliphatic heterocycles. The summed E-state index contributed by atoms with van der Waals surface area (Å²) in [5.41, 5.74) is 1.59. The Balaban J connectivity index is 1.96. The summed E-state index contributed by atoms with van der Waals surface area (Å²) in [6.07, 6.45) is 2.19. The van der Waals surface area contributed by atoms with Crippen LogP contribution in [0.4, 0.5) is 5.69 Å². The Morgan fingerprint density at radius 1 is 1.48 bits per heavy atom. The van der Waals surface area contributed by atoms with Gasteiger partial charge in [0.15, 0.2) is 0 Å². The van der Waals surface area contributed by atoms with Crippen molar-refractivity contribution in [1.29, 1.82) is 0 Å². The lowest BCUT2D eigenvalue weighted by molar-refractivity contribution is -0.311. The second-order valence-electron chi connectivity index (χ2n) is 5.51. The molecule has 0 unspecified atom stereocenters. The van der Waals surface area contributed by atoms with Gasteiger partial charge in [0.1, 0.15) is 0 Å². The number of amides is 2. The van der Waals surface area contributed by atoms with E-state index >= 15 is 0 Å². The number of carbonyl (C=O) groups is 3. The Morgan fingerprint density at radius 2 is 2.24 bits per heavy atom. The number of thioether (sulfide) groups is 2. The van der Waals surface area contributed by atoms with Gasteiger partial charge >= 0.3 is 0 Å². The van der Waals surface area contributed by atoms with Gasteiger partial charge in [-0.05, 0) is 36.6 Å². The molecule has 2 heterocycles. The van der Waals surface area contributed by atoms with Crippen LogP contribution in [0.1, 0.15) is 12.0 Å². The molecule has 132 valence electrons. The number of anilines is 1. The molecule has 6 nitrogen and oxygen atoms in total. The minimum atomic E-state index is -1.27. The van der Waals surface area contributed by atoms with Crippen LogP contribution in [0, 0.1) is 0 Å². The summed E-state index contributed by atoms with van der Waals surface area (Å²) in [5.74, 6) is -1.25. The predicted octanol–water partition coefficient (Wildman–Crippen LogP) is 1.52. The maximum atomic E-state index is 12.8. The van der Waals surface area contributed by atoms with Crippen molar-refractivity contribution in [3.63, 3.8) is 0 Å². The molecule has 1 aromatic rings. The second-order valence-corrected chi connectivity index (χ2v) is 8.37. The lowest BCUT2D eigenvalue weighted by Crippen LogP contribution is -2.49. The van der Waals surface area contributed by atoms with Crippen LogP contribution >= 0.6 is 39.5 Å². The minimum absolute atomic E-state index is 0.196. The van der Waals surface area contributed by atoms with E-state index in [1.165, 1.54) is 28.4 Å². The molecule has 0 bridgehead atoms. The molecule has 1 fully saturated rings. The highest BCUT2D eigenvalue weighted by atomic mass is 79.9. The molecule has 0 aliphatic carbocycles. The average Bonchev–Trinajstić information content (AvgIpc) is 3.07. The van der Waals surface area contributed by atoms with E-state index in [0.717, 1.165) is 4.47 Å². The van der Waals surface area contributed by atoms with Gasteiger partial charge in [-0.3, -0.25) is 9.59 Å². The van der Waals surface area contributed by atoms with E-state index in [0.29, 0.717) is 29.0 Å². The van der Waals surface area contributed by atoms with Crippen LogP contribution < -0.4 is 10.4 Å². The van der Waals surface area contributed by atoms with E-state index in [4.69, 9.17) is 0 Å². The number of carbonyl (C=O) groups excluding carboxylic acids is 3. The molecule has 3 rings (SSSR count). The highest BCUT2D eigenvalue weighted by Crippen LogP contribution is 2.42. The first-order valence-corrected chi connectivity index (χ1v) is 10.6. The number of carboxylic acids is 1. The Labute approximate surface area is 161 Å². The van der Waals surface area contributed by atoms with Gasteiger partial charge in [0.05, 0.1) is 28.4 Å². The maximum Gasteiger partial charge on any atom is 0.262 e. The number of halogens is 1. The molecule has 0 saturated carbocycles. The topological polar surface area (TPSA) is 89.5 Å². The molecule has 1 N–H and O–H groups in total. The van der Waals surface area contributed by atoms with Crippen LogP contribution in [-0.2, 0) is 14.4 Å². The molecule has 2 aliphatic rings. The standard InChI is InChI=1S/C16H15BrN2O4S2/c1-24-5-4-11(16(22)23)19-7-25-13(15(19)21)12-9-6-8(17)2-3-10(9)18-14(12)20/h2-3,6,11H,4-5,7H2,1H3,(H,18,20)(H,22,23)/p-1/b13-12-/t11-/m0/s1. The Bertz CT molecular complexity index is 796. The summed E-state index contributed by atoms with van der Waals surface area (Å²) in [6, 6.07) is 4.35. The summed E-state index contributed by atoms with van der Waals surface area (Å²) >= 11 is 6.07. The molecule has 1 aromatic carbocycles. The average molecular weight is 442 g/mol. The quantitative estimate of drug-likeness (QED) is 0.696. The van der Waals surface area contributed by atoms with Crippen molar-refractivity contribution in [2.24, 2.45) is 0 Å². The number of carboxylic acid groups (broad SMARTS) is 1. The van der Waals surface area contributed by atoms with E-state index in [1.54, 1.807) is 18.2 Å². The Morgan fingerprint density at radius 3 is 2.92 bits per heavy atom. The van der Waals surface area contributed by atoms with Crippen LogP contribution in [0.5, 0.6) is 0 Å². The smallest absolute Gasteiger partial charge is 0.262 e. The zero-order chi connectivity index (χ0) is 18.1. The first-order valence-electron chi connectivity index (χ1n) is 7.43. The van der Waals surface area contributed by atoms with Crippen molar-refractivity contribution >= 4 is 68.5 Å². The van der Waals surface area contributed by atoms with E-state index in [9.17, 15) is 19.5 Å². The van der Waals surface area contributed by atoms with Crippen molar-refractivity contribution in [2.75, 3.05) is 23.2 Å². The number of nitrogens with zero attached hydrogens (tertiary/aromatic N) is 1. The van der Waals surface area contributed by atoms with Gasteiger partial charge in [-0.25, -0.2) is 0 Å². The third-order valence-electron chi connectivity index (χ3n) is 4.00. The van der Waals surface area contributed by atoms with Crippen molar-refractivity contribution in [3.8, 4) is 0 Å². The number of hydrogen-bond donors (Lipinski definition) is 1. The summed E-state index contributed by atoms with van der Waals surface area (Å²) in [4.78, 5) is 38.2. The molecule has 25 heavy (non-hydrogen) atoms. The fourth-order valence-corrected chi connectivity index (χ4v) is 4.76. The molecular formula is C16H14BrN2O4S2-. The molecule has 0 spiro atoms. The monoisotopic (exact) mass is 441 g/mol. The Hall–Kier alpha value is -1.45. The van der Waals surface area contributed by atoms with Crippen molar-refractivity contribution < 1.29 is 19.5 Å². The first kappa shape index (κ1) is 18.3. The zero-order valence-corrected chi connectivity index (χ0v) is 16.4. The number of nitrogens with one attached hydrogen (secondary N) is 1. The molecule has 1 saturated heterocycles. The van der Waals surface area contributed by atoms with Gasteiger partial charge in [-0.2, -0.15) is 11.8 Å². The van der Waals surface area contributed by atoms with E-state index < -0.39 is 17.9 Å². The zero-order valence-electron chi connectivity index (χ0n) is 13.2. The summed E-state index contributed by atoms with van der Waals surface area (Å²) in [7, 11) is 0. The predicted molar refractivity (Wildman–Crippen MR) is 101 cm³/mol. The van der Waals surface area contributed by atoms with Crippen LogP contribution in [0.25, 0.3) is 5.57 Å². The Kier molecular flexibility index (Phi) is 5.45. The van der Waals surface area contributed by atoms with Gasteiger partial charge in [0, 0.05) is 15.7 Å². The second kappa shape index (κ2) is 7.43. The minimum Gasteiger partial charge on any atom is -0.548 e. The third kappa shape index (κ3) is 3.45. The number of fused-ring (bicyclic) bond motifs is 1. The van der Waals surface area contributed by atoms with Crippen LogP contribution in [0.3, 0.4) is 0 Å². The van der Waals surface area contributed by atoms with E-state index in [2.05, 4.69) is 21.2 Å². The third-order valence-corrected chi connectivity index (χ3v) is 6.21. The van der Waals surface area contributed by atoms with Gasteiger partial charge < -0.3 is 20.1 Å². The normalized spacial score (nSPS) is 20.6. The number of hydrogen-bond acceptors (Lipinski definition) is 6. The number of aliphatic carboxylic acids is 1. The lowest BCUT2D eigenvalue weighted by Gasteiger charge is -2.27. The van der Waals surface area contributed by atoms with Crippen LogP contribution in [-0.4, -0.2) is 46.6 Å². The SMILES string of the molecule is CSCC[C@@H](C(=O)[O-])N1CS/C(=C2\C(=O)Nc3ccc(Br)cc32)C1=O. The summed E-state index contributed by atoms with van der Waals surface area (Å²) in [5, 5.41) is 14.2. The highest BCUT2D eigenvalue weighted by molar-refractivity contribution is 9.10. The van der Waals surface area contributed by atoms with Crippen molar-refractivity contribution in [3.05, 3.63) is 33.1 Å². The molecule has 2 amide bonds. The van der Waals surface area contributed by atoms with E-state index in [-0.39, 0.29) is 16.7 Å². The largest absolute Gasteiger partial charge is 0.548 e. The summed E-state index contributed by atoms with van der Waals surface area (Å²) < 4.78 is 0.792. The molecule has 9 heteroatoms. The van der Waals surface area contributed by atoms with Gasteiger partial charge in [0.25, 0.3) is 11.8 Å². The molecule has 1 atom stereocenters. The van der Waals surface area contributed by atoms with Crippen molar-refractivity contribution in [1.82, 2.24) is 4.90 Å². The fraction of sp³-hybridized carbons (Fsp3) is 0.312. The molecule has 0 radical (unpaired) electrons. The van der Waals surface area contributed by atoms with Gasteiger partial charge in [-0.1, -0.05) is 27.7 Å². The van der Waals surface area contributed by atoms with Crippen LogP contribution in [0.2, 0.25) is 0 Å². The van der Waals surface area contributed by atoms with Gasteiger partial charge in [-0.15, -0.1) is 0 Å². The fourth-order valence-electron chi connectivity index (χ4n) is 2.79. The molecular weight excluding hydrogens is 428 g/mol. The summed E-state index contributed by atoms with van der Waals surface area (Å²) in [6.45, 7) is 0. The number of benzene rings is 1. The van der Waals surface area contributed by atoms with E-state index in [1.807, 2.05) is 6.26 Å². The van der Waals surface area contributed by atoms with Crippen molar-refractivity contribution in [2.45, 2.75) is 12.5 Å². The van der Waals surface area contributed by atoms with Gasteiger partial charge in [0.2, 0.25) is 0 Å². The van der Waals surface area contributed by atoms with Crippen LogP contribution in [0.15, 0.2) is 27.6 Å². The maximum absolute atomic E-state index is 12.8. The number of rotatable bonds is 5.